The number of fused-ring (bicyclic) bond motifs is 1. The third-order valence-corrected chi connectivity index (χ3v) is 4.46. The second-order valence-corrected chi connectivity index (χ2v) is 5.63. The van der Waals surface area contributed by atoms with Crippen molar-refractivity contribution in [2.75, 3.05) is 11.4 Å². The van der Waals surface area contributed by atoms with Crippen LogP contribution in [0.2, 0.25) is 0 Å². The number of benzene rings is 1. The maximum atomic E-state index is 12.6. The second-order valence-electron chi connectivity index (χ2n) is 5.63. The van der Waals surface area contributed by atoms with Gasteiger partial charge in [0.25, 0.3) is 5.91 Å². The van der Waals surface area contributed by atoms with Crippen molar-refractivity contribution in [3.05, 3.63) is 29.8 Å². The van der Waals surface area contributed by atoms with Gasteiger partial charge in [-0.1, -0.05) is 19.4 Å². The Bertz CT molecular complexity index is 635. The lowest BCUT2D eigenvalue weighted by molar-refractivity contribution is -0.120. The van der Waals surface area contributed by atoms with Crippen molar-refractivity contribution >= 4 is 17.6 Å². The topological polar surface area (TPSA) is 64.4 Å². The monoisotopic (exact) mass is 283 g/mol. The first kappa shape index (κ1) is 13.6. The van der Waals surface area contributed by atoms with E-state index in [0.29, 0.717) is 23.7 Å². The minimum atomic E-state index is -0.332. The third kappa shape index (κ3) is 2.17. The van der Waals surface area contributed by atoms with Gasteiger partial charge < -0.3 is 4.90 Å². The fourth-order valence-electron chi connectivity index (χ4n) is 3.20. The van der Waals surface area contributed by atoms with E-state index in [1.54, 1.807) is 29.2 Å². The zero-order chi connectivity index (χ0) is 15.0. The lowest BCUT2D eigenvalue weighted by Crippen LogP contribution is -2.42. The first-order valence-corrected chi connectivity index (χ1v) is 7.30. The molecule has 2 aliphatic rings. The van der Waals surface area contributed by atoms with Gasteiger partial charge in [0.1, 0.15) is 6.04 Å². The summed E-state index contributed by atoms with van der Waals surface area (Å²) >= 11 is 0. The van der Waals surface area contributed by atoms with Crippen LogP contribution in [0, 0.1) is 17.2 Å². The van der Waals surface area contributed by atoms with Crippen LogP contribution in [-0.4, -0.2) is 29.4 Å². The van der Waals surface area contributed by atoms with E-state index in [4.69, 9.17) is 5.26 Å². The number of anilines is 1. The quantitative estimate of drug-likeness (QED) is 0.783. The van der Waals surface area contributed by atoms with Crippen LogP contribution in [0.5, 0.6) is 0 Å². The van der Waals surface area contributed by atoms with E-state index in [1.807, 2.05) is 6.07 Å². The summed E-state index contributed by atoms with van der Waals surface area (Å²) in [7, 11) is 0. The molecule has 3 rings (SSSR count). The van der Waals surface area contributed by atoms with E-state index < -0.39 is 0 Å². The fraction of sp³-hybridized carbons (Fsp3) is 0.438. The van der Waals surface area contributed by atoms with Gasteiger partial charge in [0, 0.05) is 6.54 Å². The smallest absolute Gasteiger partial charge is 0.312 e. The molecule has 2 saturated heterocycles. The maximum Gasteiger partial charge on any atom is 0.332 e. The first-order chi connectivity index (χ1) is 10.2. The van der Waals surface area contributed by atoms with Crippen LogP contribution in [0.25, 0.3) is 0 Å². The Morgan fingerprint density at radius 2 is 2.19 bits per heavy atom. The summed E-state index contributed by atoms with van der Waals surface area (Å²) in [5.41, 5.74) is 0.941. The van der Waals surface area contributed by atoms with E-state index in [-0.39, 0.29) is 18.0 Å². The molecule has 2 atom stereocenters. The molecule has 21 heavy (non-hydrogen) atoms. The molecule has 2 unspecified atom stereocenters. The van der Waals surface area contributed by atoms with E-state index in [2.05, 4.69) is 6.92 Å². The number of urea groups is 1. The second kappa shape index (κ2) is 5.21. The lowest BCUT2D eigenvalue weighted by atomic mass is 9.89. The van der Waals surface area contributed by atoms with Crippen LogP contribution in [0.1, 0.15) is 31.7 Å². The highest BCUT2D eigenvalue weighted by Crippen LogP contribution is 2.34. The molecule has 2 fully saturated rings. The number of hydrogen-bond acceptors (Lipinski definition) is 3. The summed E-state index contributed by atoms with van der Waals surface area (Å²) in [5, 5.41) is 8.96. The van der Waals surface area contributed by atoms with Crippen molar-refractivity contribution in [1.29, 1.82) is 5.26 Å². The zero-order valence-corrected chi connectivity index (χ0v) is 12.0. The number of hydrogen-bond donors (Lipinski definition) is 0. The number of amides is 3. The van der Waals surface area contributed by atoms with E-state index in [9.17, 15) is 9.59 Å². The molecule has 2 aliphatic heterocycles. The number of nitrogens with zero attached hydrogens (tertiary/aromatic N) is 3. The van der Waals surface area contributed by atoms with Crippen LogP contribution in [0.3, 0.4) is 0 Å². The highest BCUT2D eigenvalue weighted by Gasteiger charge is 2.48. The zero-order valence-electron chi connectivity index (χ0n) is 12.0. The summed E-state index contributed by atoms with van der Waals surface area (Å²) in [5.74, 6) is 0.349. The molecule has 0 radical (unpaired) electrons. The van der Waals surface area contributed by atoms with Crippen LogP contribution < -0.4 is 4.90 Å². The standard InChI is InChI=1S/C16H17N3O2/c1-2-11-6-7-18-14(9-11)15(20)19(16(18)21)13-5-3-4-12(8-13)10-17/h3-5,8,11,14H,2,6-7,9H2,1H3. The Labute approximate surface area is 123 Å². The Morgan fingerprint density at radius 1 is 1.38 bits per heavy atom. The van der Waals surface area contributed by atoms with Gasteiger partial charge in [-0.15, -0.1) is 0 Å². The Morgan fingerprint density at radius 3 is 2.90 bits per heavy atom. The van der Waals surface area contributed by atoms with Crippen molar-refractivity contribution in [3.8, 4) is 6.07 Å². The molecule has 0 saturated carbocycles. The van der Waals surface area contributed by atoms with E-state index >= 15 is 0 Å². The third-order valence-electron chi connectivity index (χ3n) is 4.46. The molecular formula is C16H17N3O2. The van der Waals surface area contributed by atoms with E-state index in [0.717, 1.165) is 19.3 Å². The highest BCUT2D eigenvalue weighted by molar-refractivity contribution is 6.21. The maximum absolute atomic E-state index is 12.6. The predicted octanol–water partition coefficient (Wildman–Crippen LogP) is 2.52. The molecule has 5 nitrogen and oxygen atoms in total. The number of piperidine rings is 1. The van der Waals surface area contributed by atoms with Gasteiger partial charge in [0.15, 0.2) is 0 Å². The molecule has 108 valence electrons. The van der Waals surface area contributed by atoms with Gasteiger partial charge in [-0.05, 0) is 37.0 Å². The molecule has 0 aliphatic carbocycles. The summed E-state index contributed by atoms with van der Waals surface area (Å²) < 4.78 is 0. The average molecular weight is 283 g/mol. The average Bonchev–Trinajstić information content (AvgIpc) is 2.78. The Balaban J connectivity index is 1.92. The number of carbonyl (C=O) groups is 2. The van der Waals surface area contributed by atoms with Gasteiger partial charge in [-0.2, -0.15) is 5.26 Å². The van der Waals surface area contributed by atoms with E-state index in [1.165, 1.54) is 4.90 Å². The van der Waals surface area contributed by atoms with Gasteiger partial charge >= 0.3 is 6.03 Å². The van der Waals surface area contributed by atoms with Crippen molar-refractivity contribution in [1.82, 2.24) is 4.90 Å². The van der Waals surface area contributed by atoms with Crippen molar-refractivity contribution < 1.29 is 9.59 Å². The largest absolute Gasteiger partial charge is 0.332 e. The molecule has 3 amide bonds. The molecule has 0 spiro atoms. The lowest BCUT2D eigenvalue weighted by Gasteiger charge is -2.31. The molecule has 1 aromatic rings. The minimum absolute atomic E-state index is 0.159. The highest BCUT2D eigenvalue weighted by atomic mass is 16.2. The molecule has 0 N–H and O–H groups in total. The van der Waals surface area contributed by atoms with Gasteiger partial charge in [-0.3, -0.25) is 4.79 Å². The molecule has 1 aromatic carbocycles. The normalized spacial score (nSPS) is 25.0. The predicted molar refractivity (Wildman–Crippen MR) is 77.5 cm³/mol. The summed E-state index contributed by atoms with van der Waals surface area (Å²) in [6.45, 7) is 2.76. The number of rotatable bonds is 2. The van der Waals surface area contributed by atoms with Crippen LogP contribution in [0.15, 0.2) is 24.3 Å². The SMILES string of the molecule is CCC1CCN2C(=O)N(c3cccc(C#N)c3)C(=O)C2C1. The molecule has 0 bridgehead atoms. The molecule has 5 heteroatoms. The van der Waals surface area contributed by atoms with Crippen LogP contribution in [0.4, 0.5) is 10.5 Å². The molecule has 2 heterocycles. The first-order valence-electron chi connectivity index (χ1n) is 7.30. The molecule has 0 aromatic heterocycles. The van der Waals surface area contributed by atoms with Crippen LogP contribution >= 0.6 is 0 Å². The fourth-order valence-corrected chi connectivity index (χ4v) is 3.20. The number of nitriles is 1. The summed E-state index contributed by atoms with van der Waals surface area (Å²) in [6, 6.07) is 8.10. The van der Waals surface area contributed by atoms with Gasteiger partial charge in [0.2, 0.25) is 0 Å². The van der Waals surface area contributed by atoms with Crippen LogP contribution in [-0.2, 0) is 4.79 Å². The number of carbonyl (C=O) groups excluding carboxylic acids is 2. The van der Waals surface area contributed by atoms with Crippen molar-refractivity contribution in [2.45, 2.75) is 32.2 Å². The van der Waals surface area contributed by atoms with Gasteiger partial charge in [-0.25, -0.2) is 9.69 Å². The summed E-state index contributed by atoms with van der Waals surface area (Å²) in [4.78, 5) is 28.0. The Hall–Kier alpha value is -2.35. The van der Waals surface area contributed by atoms with Crippen molar-refractivity contribution in [2.24, 2.45) is 5.92 Å². The Kier molecular flexibility index (Phi) is 3.38. The van der Waals surface area contributed by atoms with Crippen molar-refractivity contribution in [3.63, 3.8) is 0 Å². The number of imide groups is 1. The minimum Gasteiger partial charge on any atom is -0.312 e. The summed E-state index contributed by atoms with van der Waals surface area (Å²) in [6.07, 6.45) is 2.74. The molecular weight excluding hydrogens is 266 g/mol. The van der Waals surface area contributed by atoms with Gasteiger partial charge in [0.05, 0.1) is 17.3 Å².